The Hall–Kier alpha value is -2.11. The normalized spacial score (nSPS) is 8.12. The van der Waals surface area contributed by atoms with Crippen LogP contribution in [0.1, 0.15) is 13.8 Å². The van der Waals surface area contributed by atoms with Crippen molar-refractivity contribution in [3.05, 3.63) is 24.8 Å². The van der Waals surface area contributed by atoms with Crippen molar-refractivity contribution in [2.45, 2.75) is 13.8 Å². The van der Waals surface area contributed by atoms with E-state index in [-0.39, 0.29) is 19.2 Å². The van der Waals surface area contributed by atoms with Gasteiger partial charge in [0.25, 0.3) is 0 Å². The third-order valence-corrected chi connectivity index (χ3v) is 1.14. The van der Waals surface area contributed by atoms with Crippen LogP contribution in [0.15, 0.2) is 24.8 Å². The second kappa shape index (κ2) is 10.4. The zero-order chi connectivity index (χ0) is 13.8. The predicted molar refractivity (Wildman–Crippen MR) is 60.2 cm³/mol. The summed E-state index contributed by atoms with van der Waals surface area (Å²) < 4.78 is 9.16. The Balaban J connectivity index is 0. The molecule has 96 valence electrons. The molecule has 0 rings (SSSR count). The second-order valence-electron chi connectivity index (χ2n) is 2.80. The summed E-state index contributed by atoms with van der Waals surface area (Å²) in [6.45, 7) is 9.36. The van der Waals surface area contributed by atoms with E-state index in [2.05, 4.69) is 22.6 Å². The minimum Gasteiger partial charge on any atom is -0.478 e. The molecule has 0 saturated carbocycles. The van der Waals surface area contributed by atoms with Gasteiger partial charge in [-0.2, -0.15) is 0 Å². The number of carbonyl (C=O) groups is 3. The quantitative estimate of drug-likeness (QED) is 0.439. The third-order valence-electron chi connectivity index (χ3n) is 1.14. The first-order valence-electron chi connectivity index (χ1n) is 4.62. The lowest BCUT2D eigenvalue weighted by Crippen LogP contribution is -2.12. The molecule has 0 aromatic rings. The monoisotopic (exact) mass is 244 g/mol. The molecule has 0 amide bonds. The summed E-state index contributed by atoms with van der Waals surface area (Å²) in [4.78, 5) is 30.2. The van der Waals surface area contributed by atoms with Crippen molar-refractivity contribution in [2.75, 3.05) is 13.2 Å². The lowest BCUT2D eigenvalue weighted by molar-refractivity contribution is -0.148. The van der Waals surface area contributed by atoms with E-state index in [0.29, 0.717) is 5.57 Å². The molecule has 0 aliphatic rings. The topological polar surface area (TPSA) is 89.9 Å². The van der Waals surface area contributed by atoms with E-state index in [1.165, 1.54) is 6.92 Å². The van der Waals surface area contributed by atoms with Crippen molar-refractivity contribution in [3.8, 4) is 0 Å². The van der Waals surface area contributed by atoms with Crippen molar-refractivity contribution in [2.24, 2.45) is 0 Å². The summed E-state index contributed by atoms with van der Waals surface area (Å²) in [5.74, 6) is -1.84. The Morgan fingerprint density at radius 2 is 1.59 bits per heavy atom. The van der Waals surface area contributed by atoms with E-state index in [1.54, 1.807) is 6.92 Å². The van der Waals surface area contributed by atoms with Crippen LogP contribution in [0.2, 0.25) is 0 Å². The van der Waals surface area contributed by atoms with Crippen molar-refractivity contribution in [1.29, 1.82) is 0 Å². The van der Waals surface area contributed by atoms with E-state index in [1.807, 2.05) is 0 Å². The molecule has 6 nitrogen and oxygen atoms in total. The molecular weight excluding hydrogens is 228 g/mol. The molecule has 0 radical (unpaired) electrons. The molecule has 0 saturated heterocycles. The Labute approximate surface area is 99.5 Å². The van der Waals surface area contributed by atoms with Gasteiger partial charge in [-0.15, -0.1) is 0 Å². The molecule has 0 aromatic heterocycles. The lowest BCUT2D eigenvalue weighted by Gasteiger charge is -2.03. The average molecular weight is 244 g/mol. The minimum absolute atomic E-state index is 0.0747. The van der Waals surface area contributed by atoms with Gasteiger partial charge in [0.15, 0.2) is 0 Å². The highest BCUT2D eigenvalue weighted by Gasteiger charge is 2.02. The van der Waals surface area contributed by atoms with Crippen LogP contribution in [0.3, 0.4) is 0 Å². The van der Waals surface area contributed by atoms with Gasteiger partial charge >= 0.3 is 17.9 Å². The summed E-state index contributed by atoms with van der Waals surface area (Å²) in [6, 6.07) is 0. The molecule has 0 atom stereocenters. The summed E-state index contributed by atoms with van der Waals surface area (Å²) in [5, 5.41) is 7.60. The van der Waals surface area contributed by atoms with Crippen LogP contribution in [0, 0.1) is 0 Å². The van der Waals surface area contributed by atoms with Crippen LogP contribution < -0.4 is 0 Å². The van der Waals surface area contributed by atoms with Gasteiger partial charge in [0, 0.05) is 18.6 Å². The fraction of sp³-hybridized carbons (Fsp3) is 0.364. The van der Waals surface area contributed by atoms with Crippen LogP contribution in [0.25, 0.3) is 0 Å². The van der Waals surface area contributed by atoms with Gasteiger partial charge in [0.2, 0.25) is 0 Å². The molecule has 0 bridgehead atoms. The first-order valence-corrected chi connectivity index (χ1v) is 4.62. The molecule has 0 spiro atoms. The average Bonchev–Trinajstić information content (AvgIpc) is 2.24. The van der Waals surface area contributed by atoms with Crippen molar-refractivity contribution >= 4 is 17.9 Å². The van der Waals surface area contributed by atoms with E-state index in [0.717, 1.165) is 6.08 Å². The fourth-order valence-electron chi connectivity index (χ4n) is 0.443. The number of carboxylic acids is 1. The highest BCUT2D eigenvalue weighted by Crippen LogP contribution is 1.91. The first kappa shape index (κ1) is 17.3. The second-order valence-corrected chi connectivity index (χ2v) is 2.80. The van der Waals surface area contributed by atoms with Gasteiger partial charge in [-0.1, -0.05) is 13.2 Å². The highest BCUT2D eigenvalue weighted by molar-refractivity contribution is 5.86. The SMILES string of the molecule is C=C(C)C(=O)OCCOC(C)=O.C=CC(=O)O. The van der Waals surface area contributed by atoms with E-state index in [9.17, 15) is 14.4 Å². The Kier molecular flexibility index (Phi) is 10.6. The van der Waals surface area contributed by atoms with Crippen molar-refractivity contribution in [1.82, 2.24) is 0 Å². The van der Waals surface area contributed by atoms with Gasteiger partial charge in [0.1, 0.15) is 13.2 Å². The number of carboxylic acid groups (broad SMARTS) is 1. The molecule has 0 aliphatic carbocycles. The van der Waals surface area contributed by atoms with Crippen molar-refractivity contribution in [3.63, 3.8) is 0 Å². The summed E-state index contributed by atoms with van der Waals surface area (Å²) in [7, 11) is 0. The Morgan fingerprint density at radius 3 is 1.88 bits per heavy atom. The van der Waals surface area contributed by atoms with E-state index in [4.69, 9.17) is 5.11 Å². The molecule has 0 aliphatic heterocycles. The smallest absolute Gasteiger partial charge is 0.333 e. The zero-order valence-corrected chi connectivity index (χ0v) is 9.89. The summed E-state index contributed by atoms with van der Waals surface area (Å²) >= 11 is 0. The molecule has 17 heavy (non-hydrogen) atoms. The highest BCUT2D eigenvalue weighted by atomic mass is 16.6. The molecule has 0 fully saturated rings. The number of hydrogen-bond donors (Lipinski definition) is 1. The van der Waals surface area contributed by atoms with Gasteiger partial charge < -0.3 is 14.6 Å². The maximum absolute atomic E-state index is 10.7. The molecule has 1 N–H and O–H groups in total. The first-order chi connectivity index (χ1) is 7.81. The largest absolute Gasteiger partial charge is 0.478 e. The van der Waals surface area contributed by atoms with E-state index >= 15 is 0 Å². The molecule has 0 aromatic carbocycles. The number of aliphatic carboxylic acids is 1. The molecular formula is C11H16O6. The lowest BCUT2D eigenvalue weighted by atomic mass is 10.4. The number of carbonyl (C=O) groups excluding carboxylic acids is 2. The summed E-state index contributed by atoms with van der Waals surface area (Å²) in [6.07, 6.45) is 0.833. The van der Waals surface area contributed by atoms with Crippen LogP contribution >= 0.6 is 0 Å². The number of ether oxygens (including phenoxy) is 2. The van der Waals surface area contributed by atoms with Gasteiger partial charge in [0.05, 0.1) is 0 Å². The number of rotatable bonds is 5. The Bertz CT molecular complexity index is 305. The van der Waals surface area contributed by atoms with Gasteiger partial charge in [-0.05, 0) is 6.92 Å². The Morgan fingerprint density at radius 1 is 1.18 bits per heavy atom. The molecule has 6 heteroatoms. The third kappa shape index (κ3) is 16.6. The maximum Gasteiger partial charge on any atom is 0.333 e. The van der Waals surface area contributed by atoms with Crippen LogP contribution in [-0.4, -0.2) is 36.2 Å². The van der Waals surface area contributed by atoms with Crippen molar-refractivity contribution < 1.29 is 29.0 Å². The minimum atomic E-state index is -0.981. The molecule has 0 unspecified atom stereocenters. The van der Waals surface area contributed by atoms with E-state index < -0.39 is 11.9 Å². The number of esters is 2. The predicted octanol–water partition coefficient (Wildman–Crippen LogP) is 0.926. The van der Waals surface area contributed by atoms with Crippen LogP contribution in [-0.2, 0) is 23.9 Å². The zero-order valence-electron chi connectivity index (χ0n) is 9.89. The maximum atomic E-state index is 10.7. The standard InChI is InChI=1S/C8H12O4.C3H4O2/c1-6(2)8(10)12-5-4-11-7(3)9;1-2-3(4)5/h1,4-5H2,2-3H3;2H,1H2,(H,4,5). The van der Waals surface area contributed by atoms with Gasteiger partial charge in [-0.3, -0.25) is 4.79 Å². The molecule has 0 heterocycles. The van der Waals surface area contributed by atoms with Crippen LogP contribution in [0.5, 0.6) is 0 Å². The number of hydrogen-bond acceptors (Lipinski definition) is 5. The van der Waals surface area contributed by atoms with Crippen LogP contribution in [0.4, 0.5) is 0 Å². The van der Waals surface area contributed by atoms with Gasteiger partial charge in [-0.25, -0.2) is 9.59 Å². The fourth-order valence-corrected chi connectivity index (χ4v) is 0.443. The summed E-state index contributed by atoms with van der Waals surface area (Å²) in [5.41, 5.74) is 0.331.